The normalized spacial score (nSPS) is 10.2. The number of benzene rings is 2. The first-order valence-corrected chi connectivity index (χ1v) is 7.04. The molecule has 2 rings (SSSR count). The summed E-state index contributed by atoms with van der Waals surface area (Å²) in [7, 11) is 1.59. The molecule has 0 heterocycles. The van der Waals surface area contributed by atoms with Crippen LogP contribution in [0, 0.1) is 0 Å². The lowest BCUT2D eigenvalue weighted by Crippen LogP contribution is -2.11. The highest BCUT2D eigenvalue weighted by molar-refractivity contribution is 9.10. The Bertz CT molecular complexity index is 628. The lowest BCUT2D eigenvalue weighted by Gasteiger charge is -2.07. The molecular weight excluding hydrogens is 344 g/mol. The van der Waals surface area contributed by atoms with Gasteiger partial charge in [0.05, 0.1) is 18.0 Å². The van der Waals surface area contributed by atoms with E-state index in [9.17, 15) is 4.79 Å². The molecule has 2 aromatic rings. The second-order valence-corrected chi connectivity index (χ2v) is 5.37. The van der Waals surface area contributed by atoms with Crippen molar-refractivity contribution in [3.63, 3.8) is 0 Å². The summed E-state index contributed by atoms with van der Waals surface area (Å²) >= 11 is 9.13. The van der Waals surface area contributed by atoms with Crippen LogP contribution in [-0.4, -0.2) is 13.1 Å². The van der Waals surface area contributed by atoms with Gasteiger partial charge in [0.15, 0.2) is 0 Å². The van der Waals surface area contributed by atoms with E-state index in [1.165, 1.54) is 0 Å². The van der Waals surface area contributed by atoms with Crippen LogP contribution in [0.4, 0.5) is 0 Å². The van der Waals surface area contributed by atoms with Gasteiger partial charge in [-0.25, -0.2) is 0 Å². The fourth-order valence-corrected chi connectivity index (χ4v) is 2.43. The molecule has 3 nitrogen and oxygen atoms in total. The van der Waals surface area contributed by atoms with Crippen LogP contribution in [0.15, 0.2) is 46.9 Å². The third-order valence-corrected chi connectivity index (χ3v) is 3.46. The number of hydrogen-bond donors (Lipinski definition) is 0. The third kappa shape index (κ3) is 3.99. The number of methoxy groups -OCH3 is 1. The molecule has 104 valence electrons. The predicted molar refractivity (Wildman–Crippen MR) is 81.5 cm³/mol. The van der Waals surface area contributed by atoms with Gasteiger partial charge in [0.1, 0.15) is 11.5 Å². The maximum Gasteiger partial charge on any atom is 0.315 e. The zero-order valence-electron chi connectivity index (χ0n) is 10.7. The van der Waals surface area contributed by atoms with Gasteiger partial charge in [0.2, 0.25) is 0 Å². The van der Waals surface area contributed by atoms with Gasteiger partial charge in [0, 0.05) is 5.02 Å². The van der Waals surface area contributed by atoms with Crippen molar-refractivity contribution in [1.29, 1.82) is 0 Å². The van der Waals surface area contributed by atoms with E-state index in [0.29, 0.717) is 21.0 Å². The van der Waals surface area contributed by atoms with E-state index in [4.69, 9.17) is 21.1 Å². The van der Waals surface area contributed by atoms with Crippen LogP contribution >= 0.6 is 27.5 Å². The molecule has 0 aromatic heterocycles. The van der Waals surface area contributed by atoms with Crippen LogP contribution in [0.5, 0.6) is 11.5 Å². The van der Waals surface area contributed by atoms with Crippen molar-refractivity contribution in [2.75, 3.05) is 7.11 Å². The average Bonchev–Trinajstić information content (AvgIpc) is 2.42. The number of esters is 1. The number of rotatable bonds is 4. The van der Waals surface area contributed by atoms with Gasteiger partial charge in [-0.3, -0.25) is 4.79 Å². The Morgan fingerprint density at radius 2 is 2.05 bits per heavy atom. The average molecular weight is 356 g/mol. The minimum Gasteiger partial charge on any atom is -0.497 e. The first kappa shape index (κ1) is 14.9. The first-order valence-electron chi connectivity index (χ1n) is 5.87. The first-order chi connectivity index (χ1) is 9.58. The maximum atomic E-state index is 11.9. The van der Waals surface area contributed by atoms with Gasteiger partial charge < -0.3 is 9.47 Å². The topological polar surface area (TPSA) is 35.5 Å². The van der Waals surface area contributed by atoms with Gasteiger partial charge in [-0.15, -0.1) is 0 Å². The van der Waals surface area contributed by atoms with Crippen molar-refractivity contribution in [2.45, 2.75) is 6.42 Å². The van der Waals surface area contributed by atoms with E-state index >= 15 is 0 Å². The predicted octanol–water partition coefficient (Wildman–Crippen LogP) is 4.26. The summed E-state index contributed by atoms with van der Waals surface area (Å²) in [6.45, 7) is 0. The fourth-order valence-electron chi connectivity index (χ4n) is 1.67. The monoisotopic (exact) mass is 354 g/mol. The maximum absolute atomic E-state index is 11.9. The molecule has 0 bridgehead atoms. The summed E-state index contributed by atoms with van der Waals surface area (Å²) in [6, 6.07) is 12.3. The third-order valence-electron chi connectivity index (χ3n) is 2.60. The SMILES string of the molecule is COc1cccc(CC(=O)Oc2ccc(Cl)cc2Br)c1. The number of carbonyl (C=O) groups excluding carboxylic acids is 1. The fraction of sp³-hybridized carbons (Fsp3) is 0.133. The number of hydrogen-bond acceptors (Lipinski definition) is 3. The van der Waals surface area contributed by atoms with Crippen LogP contribution in [0.25, 0.3) is 0 Å². The molecule has 2 aromatic carbocycles. The molecular formula is C15H12BrClO3. The lowest BCUT2D eigenvalue weighted by molar-refractivity contribution is -0.133. The van der Waals surface area contributed by atoms with Gasteiger partial charge in [-0.1, -0.05) is 23.7 Å². The molecule has 0 radical (unpaired) electrons. The Hall–Kier alpha value is -1.52. The van der Waals surface area contributed by atoms with E-state index in [1.807, 2.05) is 18.2 Å². The van der Waals surface area contributed by atoms with Crippen LogP contribution in [0.2, 0.25) is 5.02 Å². The van der Waals surface area contributed by atoms with Gasteiger partial charge in [0.25, 0.3) is 0 Å². The van der Waals surface area contributed by atoms with E-state index in [1.54, 1.807) is 31.4 Å². The highest BCUT2D eigenvalue weighted by atomic mass is 79.9. The Balaban J connectivity index is 2.05. The van der Waals surface area contributed by atoms with Gasteiger partial charge in [-0.05, 0) is 51.8 Å². The summed E-state index contributed by atoms with van der Waals surface area (Å²) in [5.74, 6) is 0.812. The highest BCUT2D eigenvalue weighted by Crippen LogP contribution is 2.28. The molecule has 0 spiro atoms. The zero-order valence-corrected chi connectivity index (χ0v) is 13.1. The van der Waals surface area contributed by atoms with E-state index < -0.39 is 0 Å². The molecule has 0 amide bonds. The lowest BCUT2D eigenvalue weighted by atomic mass is 10.1. The Labute approximate surface area is 130 Å². The van der Waals surface area contributed by atoms with E-state index in [2.05, 4.69) is 15.9 Å². The molecule has 0 aliphatic heterocycles. The van der Waals surface area contributed by atoms with Crippen LogP contribution < -0.4 is 9.47 Å². The van der Waals surface area contributed by atoms with Crippen LogP contribution in [-0.2, 0) is 11.2 Å². The Kier molecular flexibility index (Phi) is 5.04. The minimum absolute atomic E-state index is 0.173. The summed E-state index contributed by atoms with van der Waals surface area (Å²) in [4.78, 5) is 11.9. The number of carbonyl (C=O) groups is 1. The molecule has 0 aliphatic carbocycles. The second-order valence-electron chi connectivity index (χ2n) is 4.08. The number of halogens is 2. The van der Waals surface area contributed by atoms with Crippen molar-refractivity contribution in [3.05, 3.63) is 57.5 Å². The minimum atomic E-state index is -0.346. The Morgan fingerprint density at radius 1 is 1.25 bits per heavy atom. The van der Waals surface area contributed by atoms with Gasteiger partial charge >= 0.3 is 5.97 Å². The second kappa shape index (κ2) is 6.77. The highest BCUT2D eigenvalue weighted by Gasteiger charge is 2.10. The largest absolute Gasteiger partial charge is 0.497 e. The van der Waals surface area contributed by atoms with Crippen molar-refractivity contribution in [3.8, 4) is 11.5 Å². The molecule has 0 aliphatic rings. The van der Waals surface area contributed by atoms with E-state index in [-0.39, 0.29) is 12.4 Å². The Morgan fingerprint density at radius 3 is 2.75 bits per heavy atom. The summed E-state index contributed by atoms with van der Waals surface area (Å²) < 4.78 is 11.0. The summed E-state index contributed by atoms with van der Waals surface area (Å²) in [5.41, 5.74) is 0.833. The van der Waals surface area contributed by atoms with Gasteiger partial charge in [-0.2, -0.15) is 0 Å². The van der Waals surface area contributed by atoms with Crippen molar-refractivity contribution in [2.24, 2.45) is 0 Å². The van der Waals surface area contributed by atoms with Crippen LogP contribution in [0.1, 0.15) is 5.56 Å². The zero-order chi connectivity index (χ0) is 14.5. The molecule has 5 heteroatoms. The molecule has 0 saturated heterocycles. The molecule has 0 saturated carbocycles. The molecule has 0 unspecified atom stereocenters. The smallest absolute Gasteiger partial charge is 0.315 e. The van der Waals surface area contributed by atoms with Crippen LogP contribution in [0.3, 0.4) is 0 Å². The molecule has 0 fully saturated rings. The van der Waals surface area contributed by atoms with E-state index in [0.717, 1.165) is 5.56 Å². The quantitative estimate of drug-likeness (QED) is 0.607. The summed E-state index contributed by atoms with van der Waals surface area (Å²) in [5, 5.41) is 0.574. The number of ether oxygens (including phenoxy) is 2. The van der Waals surface area contributed by atoms with Crippen molar-refractivity contribution in [1.82, 2.24) is 0 Å². The molecule has 0 N–H and O–H groups in total. The van der Waals surface area contributed by atoms with Crippen molar-refractivity contribution < 1.29 is 14.3 Å². The molecule has 0 atom stereocenters. The summed E-state index contributed by atoms with van der Waals surface area (Å²) in [6.07, 6.45) is 0.173. The molecule has 20 heavy (non-hydrogen) atoms. The van der Waals surface area contributed by atoms with Crippen molar-refractivity contribution >= 4 is 33.5 Å². The standard InChI is InChI=1S/C15H12BrClO3/c1-19-12-4-2-3-10(7-12)8-15(18)20-14-6-5-11(17)9-13(14)16/h2-7,9H,8H2,1H3.